The SMILES string of the molecule is Cc1ccccc1NC(=O)Nc1ccc(CC(=O)N(CCN2CCOCC2)CC(=O)NCC(C)(C)C(=O)O)cc1. The predicted molar refractivity (Wildman–Crippen MR) is 152 cm³/mol. The van der Waals surface area contributed by atoms with Crippen LogP contribution in [0.3, 0.4) is 0 Å². The third-order valence-electron chi connectivity index (χ3n) is 6.74. The Kier molecular flexibility index (Phi) is 11.0. The van der Waals surface area contributed by atoms with E-state index in [9.17, 15) is 24.3 Å². The summed E-state index contributed by atoms with van der Waals surface area (Å²) in [5.41, 5.74) is 1.86. The molecule has 1 heterocycles. The first-order chi connectivity index (χ1) is 19.0. The second-order valence-corrected chi connectivity index (χ2v) is 10.5. The maximum Gasteiger partial charge on any atom is 0.323 e. The fourth-order valence-electron chi connectivity index (χ4n) is 3.99. The van der Waals surface area contributed by atoms with E-state index in [-0.39, 0.29) is 31.4 Å². The number of nitrogens with zero attached hydrogens (tertiary/aromatic N) is 2. The third-order valence-corrected chi connectivity index (χ3v) is 6.74. The highest BCUT2D eigenvalue weighted by atomic mass is 16.5. The molecule has 0 radical (unpaired) electrons. The molecule has 1 aliphatic heterocycles. The Bertz CT molecular complexity index is 1180. The van der Waals surface area contributed by atoms with E-state index in [1.807, 2.05) is 31.2 Å². The van der Waals surface area contributed by atoms with E-state index < -0.39 is 17.3 Å². The first-order valence-electron chi connectivity index (χ1n) is 13.3. The molecule has 0 atom stereocenters. The molecular weight excluding hydrogens is 514 g/mol. The summed E-state index contributed by atoms with van der Waals surface area (Å²) in [6.07, 6.45) is 0.0761. The van der Waals surface area contributed by atoms with Gasteiger partial charge in [0.2, 0.25) is 11.8 Å². The van der Waals surface area contributed by atoms with Gasteiger partial charge in [0.25, 0.3) is 0 Å². The molecule has 1 fully saturated rings. The molecule has 3 rings (SSSR count). The van der Waals surface area contributed by atoms with Crippen LogP contribution in [0, 0.1) is 12.3 Å². The topological polar surface area (TPSA) is 140 Å². The summed E-state index contributed by atoms with van der Waals surface area (Å²) in [6.45, 7) is 8.48. The summed E-state index contributed by atoms with van der Waals surface area (Å²) in [4.78, 5) is 53.3. The van der Waals surface area contributed by atoms with Gasteiger partial charge in [0, 0.05) is 44.1 Å². The van der Waals surface area contributed by atoms with Gasteiger partial charge < -0.3 is 30.7 Å². The van der Waals surface area contributed by atoms with Crippen LogP contribution in [-0.4, -0.2) is 91.2 Å². The normalized spacial score (nSPS) is 13.8. The number of aryl methyl sites for hydroxylation is 1. The average Bonchev–Trinajstić information content (AvgIpc) is 2.92. The molecular formula is C29H39N5O6. The molecule has 2 aromatic carbocycles. The number of rotatable bonds is 12. The Morgan fingerprint density at radius 1 is 1.00 bits per heavy atom. The molecule has 4 amide bonds. The van der Waals surface area contributed by atoms with Gasteiger partial charge in [0.05, 0.1) is 31.6 Å². The molecule has 4 N–H and O–H groups in total. The van der Waals surface area contributed by atoms with E-state index in [2.05, 4.69) is 20.9 Å². The van der Waals surface area contributed by atoms with Crippen LogP contribution < -0.4 is 16.0 Å². The number of amides is 4. The molecule has 11 heteroatoms. The molecule has 40 heavy (non-hydrogen) atoms. The number of urea groups is 1. The minimum atomic E-state index is -1.12. The van der Waals surface area contributed by atoms with Gasteiger partial charge in [0.15, 0.2) is 0 Å². The largest absolute Gasteiger partial charge is 0.481 e. The number of carboxylic acid groups (broad SMARTS) is 1. The van der Waals surface area contributed by atoms with Gasteiger partial charge in [-0.1, -0.05) is 30.3 Å². The van der Waals surface area contributed by atoms with E-state index >= 15 is 0 Å². The van der Waals surface area contributed by atoms with Crippen molar-refractivity contribution in [2.75, 3.05) is 63.1 Å². The van der Waals surface area contributed by atoms with Crippen LogP contribution in [0.5, 0.6) is 0 Å². The zero-order valence-corrected chi connectivity index (χ0v) is 23.4. The first kappa shape index (κ1) is 30.6. The molecule has 2 aromatic rings. The van der Waals surface area contributed by atoms with Crippen LogP contribution in [0.4, 0.5) is 16.2 Å². The van der Waals surface area contributed by atoms with Crippen molar-refractivity contribution in [2.45, 2.75) is 27.2 Å². The third kappa shape index (κ3) is 9.65. The summed E-state index contributed by atoms with van der Waals surface area (Å²) >= 11 is 0. The molecule has 1 aliphatic rings. The van der Waals surface area contributed by atoms with Gasteiger partial charge in [-0.3, -0.25) is 19.3 Å². The van der Waals surface area contributed by atoms with Crippen molar-refractivity contribution in [3.63, 3.8) is 0 Å². The number of carbonyl (C=O) groups excluding carboxylic acids is 3. The van der Waals surface area contributed by atoms with Crippen LogP contribution in [-0.2, 0) is 25.5 Å². The maximum absolute atomic E-state index is 13.3. The van der Waals surface area contributed by atoms with E-state index in [1.54, 1.807) is 24.3 Å². The maximum atomic E-state index is 13.3. The molecule has 0 bridgehead atoms. The number of hydrogen-bond donors (Lipinski definition) is 4. The lowest BCUT2D eigenvalue weighted by Gasteiger charge is -2.30. The smallest absolute Gasteiger partial charge is 0.323 e. The van der Waals surface area contributed by atoms with Gasteiger partial charge in [-0.25, -0.2) is 4.79 Å². The van der Waals surface area contributed by atoms with Gasteiger partial charge in [-0.2, -0.15) is 0 Å². The van der Waals surface area contributed by atoms with Crippen LogP contribution in [0.1, 0.15) is 25.0 Å². The van der Waals surface area contributed by atoms with Crippen LogP contribution in [0.25, 0.3) is 0 Å². The predicted octanol–water partition coefficient (Wildman–Crippen LogP) is 2.57. The highest BCUT2D eigenvalue weighted by Crippen LogP contribution is 2.16. The fourth-order valence-corrected chi connectivity index (χ4v) is 3.99. The van der Waals surface area contributed by atoms with E-state index in [4.69, 9.17) is 4.74 Å². The molecule has 11 nitrogen and oxygen atoms in total. The van der Waals surface area contributed by atoms with Gasteiger partial charge in [-0.15, -0.1) is 0 Å². The lowest BCUT2D eigenvalue weighted by Crippen LogP contribution is -2.48. The number of anilines is 2. The average molecular weight is 554 g/mol. The first-order valence-corrected chi connectivity index (χ1v) is 13.3. The Morgan fingerprint density at radius 3 is 2.33 bits per heavy atom. The number of ether oxygens (including phenoxy) is 1. The summed E-state index contributed by atoms with van der Waals surface area (Å²) in [5.74, 6) is -1.65. The van der Waals surface area contributed by atoms with Crippen LogP contribution in [0.15, 0.2) is 48.5 Å². The number of aliphatic carboxylic acids is 1. The summed E-state index contributed by atoms with van der Waals surface area (Å²) in [7, 11) is 0. The number of carbonyl (C=O) groups is 4. The molecule has 216 valence electrons. The number of morpholine rings is 1. The van der Waals surface area contributed by atoms with E-state index in [0.717, 1.165) is 29.9 Å². The summed E-state index contributed by atoms with van der Waals surface area (Å²) < 4.78 is 5.38. The lowest BCUT2D eigenvalue weighted by atomic mass is 9.94. The Labute approximate surface area is 234 Å². The van der Waals surface area contributed by atoms with Crippen LogP contribution in [0.2, 0.25) is 0 Å². The van der Waals surface area contributed by atoms with Crippen molar-refractivity contribution in [2.24, 2.45) is 5.41 Å². The summed E-state index contributed by atoms with van der Waals surface area (Å²) in [6, 6.07) is 14.1. The number of benzene rings is 2. The zero-order chi connectivity index (χ0) is 29.1. The summed E-state index contributed by atoms with van der Waals surface area (Å²) in [5, 5.41) is 17.5. The van der Waals surface area contributed by atoms with Crippen molar-refractivity contribution in [1.29, 1.82) is 0 Å². The van der Waals surface area contributed by atoms with Gasteiger partial charge >= 0.3 is 12.0 Å². The molecule has 1 saturated heterocycles. The zero-order valence-electron chi connectivity index (χ0n) is 23.4. The lowest BCUT2D eigenvalue weighted by molar-refractivity contribution is -0.147. The number of nitrogens with one attached hydrogen (secondary N) is 3. The van der Waals surface area contributed by atoms with Gasteiger partial charge in [-0.05, 0) is 50.1 Å². The van der Waals surface area contributed by atoms with Crippen molar-refractivity contribution < 1.29 is 29.0 Å². The van der Waals surface area contributed by atoms with Crippen molar-refractivity contribution in [3.8, 4) is 0 Å². The van der Waals surface area contributed by atoms with Gasteiger partial charge in [0.1, 0.15) is 0 Å². The second-order valence-electron chi connectivity index (χ2n) is 10.5. The number of para-hydroxylation sites is 1. The van der Waals surface area contributed by atoms with Crippen molar-refractivity contribution in [3.05, 3.63) is 59.7 Å². The Hall–Kier alpha value is -3.96. The molecule has 0 aliphatic carbocycles. The monoisotopic (exact) mass is 553 g/mol. The fraction of sp³-hybridized carbons (Fsp3) is 0.448. The van der Waals surface area contributed by atoms with E-state index in [0.29, 0.717) is 32.0 Å². The minimum absolute atomic E-state index is 0.0431. The van der Waals surface area contributed by atoms with E-state index in [1.165, 1.54) is 18.7 Å². The van der Waals surface area contributed by atoms with Crippen molar-refractivity contribution in [1.82, 2.24) is 15.1 Å². The van der Waals surface area contributed by atoms with Crippen molar-refractivity contribution >= 4 is 35.2 Å². The highest BCUT2D eigenvalue weighted by Gasteiger charge is 2.28. The minimum Gasteiger partial charge on any atom is -0.481 e. The molecule has 0 unspecified atom stereocenters. The Morgan fingerprint density at radius 2 is 1.68 bits per heavy atom. The molecule has 0 aromatic heterocycles. The quantitative estimate of drug-likeness (QED) is 0.317. The van der Waals surface area contributed by atoms with Crippen LogP contribution >= 0.6 is 0 Å². The number of carboxylic acids is 1. The standard InChI is InChI=1S/C29H39N5O6/c1-21-6-4-5-7-24(21)32-28(39)31-23-10-8-22(9-11-23)18-26(36)34(13-12-33-14-16-40-17-15-33)19-25(35)30-20-29(2,3)27(37)38/h4-11H,12-20H2,1-3H3,(H,30,35)(H,37,38)(H2,31,32,39). The molecule has 0 saturated carbocycles. The highest BCUT2D eigenvalue weighted by molar-refractivity contribution is 6.00. The number of hydrogen-bond acceptors (Lipinski definition) is 6. The Balaban J connectivity index is 1.58. The molecule has 0 spiro atoms. The second kappa shape index (κ2) is 14.4.